The number of halogens is 1. The van der Waals surface area contributed by atoms with Crippen LogP contribution in [0.15, 0.2) is 43.0 Å². The van der Waals surface area contributed by atoms with Gasteiger partial charge in [-0.1, -0.05) is 18.2 Å². The van der Waals surface area contributed by atoms with Gasteiger partial charge in [0, 0.05) is 50.1 Å². The molecule has 1 atom stereocenters. The van der Waals surface area contributed by atoms with Gasteiger partial charge in [-0.05, 0) is 31.9 Å². The fraction of sp³-hybridized carbons (Fsp3) is 0.474. The molecule has 25 heavy (non-hydrogen) atoms. The summed E-state index contributed by atoms with van der Waals surface area (Å²) in [7, 11) is 0. The molecule has 2 aromatic rings. The van der Waals surface area contributed by atoms with Gasteiger partial charge in [0.05, 0.1) is 6.33 Å². The van der Waals surface area contributed by atoms with Gasteiger partial charge in [0.25, 0.3) is 0 Å². The summed E-state index contributed by atoms with van der Waals surface area (Å²) in [5.41, 5.74) is 0.683. The molecule has 0 bridgehead atoms. The van der Waals surface area contributed by atoms with Gasteiger partial charge in [0.15, 0.2) is 0 Å². The van der Waals surface area contributed by atoms with Crippen LogP contribution in [0.1, 0.15) is 31.2 Å². The number of amides is 1. The summed E-state index contributed by atoms with van der Waals surface area (Å²) < 4.78 is 15.6. The van der Waals surface area contributed by atoms with E-state index in [-0.39, 0.29) is 11.7 Å². The molecule has 1 fully saturated rings. The first-order chi connectivity index (χ1) is 12.2. The fourth-order valence-electron chi connectivity index (χ4n) is 3.38. The van der Waals surface area contributed by atoms with Gasteiger partial charge >= 0.3 is 0 Å². The molecule has 1 aromatic heterocycles. The summed E-state index contributed by atoms with van der Waals surface area (Å²) in [5, 5.41) is 3.29. The molecule has 0 unspecified atom stereocenters. The number of hydrogen-bond acceptors (Lipinski definition) is 3. The molecule has 1 aliphatic rings. The molecular formula is C19H25FN4O. The summed E-state index contributed by atoms with van der Waals surface area (Å²) in [6, 6.07) is 7.12. The Morgan fingerprint density at radius 1 is 1.28 bits per heavy atom. The topological polar surface area (TPSA) is 50.2 Å². The van der Waals surface area contributed by atoms with Gasteiger partial charge < -0.3 is 14.8 Å². The second kappa shape index (κ2) is 8.76. The third-order valence-corrected chi connectivity index (χ3v) is 4.75. The zero-order valence-corrected chi connectivity index (χ0v) is 14.4. The lowest BCUT2D eigenvalue weighted by Gasteiger charge is -2.25. The third-order valence-electron chi connectivity index (χ3n) is 4.75. The first-order valence-corrected chi connectivity index (χ1v) is 8.93. The van der Waals surface area contributed by atoms with Crippen molar-refractivity contribution in [2.24, 2.45) is 0 Å². The molecule has 0 aliphatic carbocycles. The second-order valence-corrected chi connectivity index (χ2v) is 6.49. The number of carbonyl (C=O) groups excluding carboxylic acids is 1. The van der Waals surface area contributed by atoms with E-state index in [1.165, 1.54) is 6.07 Å². The molecule has 2 heterocycles. The number of aromatic nitrogens is 2. The molecule has 134 valence electrons. The number of aryl methyl sites for hydroxylation is 1. The fourth-order valence-corrected chi connectivity index (χ4v) is 3.38. The summed E-state index contributed by atoms with van der Waals surface area (Å²) in [5.74, 6) is 0.0805. The number of hydrogen-bond donors (Lipinski definition) is 1. The molecule has 5 nitrogen and oxygen atoms in total. The van der Waals surface area contributed by atoms with Crippen LogP contribution in [0.3, 0.4) is 0 Å². The Morgan fingerprint density at radius 2 is 2.16 bits per heavy atom. The summed E-state index contributed by atoms with van der Waals surface area (Å²) in [6.07, 6.45) is 8.91. The Morgan fingerprint density at radius 3 is 2.96 bits per heavy atom. The Labute approximate surface area is 147 Å². The normalized spacial score (nSPS) is 17.4. The molecule has 3 rings (SSSR count). The SMILES string of the molecule is O=C1CC[C@H](CCNCc2ccccc2F)N1CCCn1ccnc1. The summed E-state index contributed by atoms with van der Waals surface area (Å²) >= 11 is 0. The molecule has 0 radical (unpaired) electrons. The lowest BCUT2D eigenvalue weighted by Crippen LogP contribution is -2.36. The third kappa shape index (κ3) is 4.89. The predicted octanol–water partition coefficient (Wildman–Crippen LogP) is 2.58. The predicted molar refractivity (Wildman–Crippen MR) is 94.3 cm³/mol. The molecule has 1 aliphatic heterocycles. The van der Waals surface area contributed by atoms with Gasteiger partial charge in [0.1, 0.15) is 5.82 Å². The highest BCUT2D eigenvalue weighted by molar-refractivity contribution is 5.78. The molecule has 1 aromatic carbocycles. The van der Waals surface area contributed by atoms with Gasteiger partial charge in [0.2, 0.25) is 5.91 Å². The minimum atomic E-state index is -0.174. The van der Waals surface area contributed by atoms with Gasteiger partial charge in [-0.25, -0.2) is 9.37 Å². The minimum Gasteiger partial charge on any atom is -0.340 e. The Balaban J connectivity index is 1.39. The Bertz CT molecular complexity index is 674. The summed E-state index contributed by atoms with van der Waals surface area (Å²) in [4.78, 5) is 18.2. The van der Waals surface area contributed by atoms with Crippen LogP contribution in [0.4, 0.5) is 4.39 Å². The monoisotopic (exact) mass is 344 g/mol. The number of carbonyl (C=O) groups is 1. The van der Waals surface area contributed by atoms with E-state index in [9.17, 15) is 9.18 Å². The molecule has 0 saturated carbocycles. The largest absolute Gasteiger partial charge is 0.340 e. The van der Waals surface area contributed by atoms with Crippen LogP contribution in [0.25, 0.3) is 0 Å². The lowest BCUT2D eigenvalue weighted by molar-refractivity contribution is -0.129. The van der Waals surface area contributed by atoms with Gasteiger partial charge in [-0.2, -0.15) is 0 Å². The van der Waals surface area contributed by atoms with E-state index in [0.717, 1.165) is 38.9 Å². The Hall–Kier alpha value is -2.21. The molecule has 1 N–H and O–H groups in total. The lowest BCUT2D eigenvalue weighted by atomic mass is 10.1. The first kappa shape index (κ1) is 17.6. The van der Waals surface area contributed by atoms with E-state index in [1.54, 1.807) is 24.7 Å². The van der Waals surface area contributed by atoms with Gasteiger partial charge in [-0.3, -0.25) is 4.79 Å². The van der Waals surface area contributed by atoms with E-state index in [2.05, 4.69) is 10.3 Å². The zero-order valence-electron chi connectivity index (χ0n) is 14.4. The Kier molecular flexibility index (Phi) is 6.17. The molecule has 1 saturated heterocycles. The van der Waals surface area contributed by atoms with Crippen molar-refractivity contribution in [3.8, 4) is 0 Å². The van der Waals surface area contributed by atoms with Crippen molar-refractivity contribution in [3.63, 3.8) is 0 Å². The van der Waals surface area contributed by atoms with E-state index in [4.69, 9.17) is 0 Å². The standard InChI is InChI=1S/C19H25FN4O/c20-18-5-2-1-4-16(18)14-21-9-8-17-6-7-19(25)24(17)12-3-11-23-13-10-22-15-23/h1-2,4-5,10,13,15,17,21H,3,6-9,11-12,14H2/t17-/m1/s1. The quantitative estimate of drug-likeness (QED) is 0.712. The molecule has 6 heteroatoms. The smallest absolute Gasteiger partial charge is 0.222 e. The van der Waals surface area contributed by atoms with E-state index in [1.807, 2.05) is 21.7 Å². The second-order valence-electron chi connectivity index (χ2n) is 6.49. The van der Waals surface area contributed by atoms with Crippen LogP contribution < -0.4 is 5.32 Å². The average Bonchev–Trinajstić information content (AvgIpc) is 3.24. The van der Waals surface area contributed by atoms with Crippen molar-refractivity contribution in [2.75, 3.05) is 13.1 Å². The van der Waals surface area contributed by atoms with Crippen molar-refractivity contribution in [2.45, 2.75) is 44.8 Å². The van der Waals surface area contributed by atoms with Crippen LogP contribution in [0, 0.1) is 5.82 Å². The van der Waals surface area contributed by atoms with Crippen LogP contribution >= 0.6 is 0 Å². The van der Waals surface area contributed by atoms with Crippen LogP contribution in [-0.4, -0.2) is 39.5 Å². The van der Waals surface area contributed by atoms with Crippen molar-refractivity contribution in [1.82, 2.24) is 19.8 Å². The van der Waals surface area contributed by atoms with E-state index in [0.29, 0.717) is 24.6 Å². The molecule has 1 amide bonds. The minimum absolute atomic E-state index is 0.174. The number of nitrogens with zero attached hydrogens (tertiary/aromatic N) is 3. The number of benzene rings is 1. The highest BCUT2D eigenvalue weighted by atomic mass is 19.1. The van der Waals surface area contributed by atoms with Gasteiger partial charge in [-0.15, -0.1) is 0 Å². The van der Waals surface area contributed by atoms with Crippen LogP contribution in [0.5, 0.6) is 0 Å². The maximum atomic E-state index is 13.6. The highest BCUT2D eigenvalue weighted by Gasteiger charge is 2.29. The van der Waals surface area contributed by atoms with Crippen LogP contribution in [0.2, 0.25) is 0 Å². The number of imidazole rings is 1. The maximum Gasteiger partial charge on any atom is 0.222 e. The number of likely N-dealkylation sites (tertiary alicyclic amines) is 1. The van der Waals surface area contributed by atoms with Crippen molar-refractivity contribution >= 4 is 5.91 Å². The first-order valence-electron chi connectivity index (χ1n) is 8.93. The maximum absolute atomic E-state index is 13.6. The zero-order chi connectivity index (χ0) is 17.5. The van der Waals surface area contributed by atoms with E-state index >= 15 is 0 Å². The van der Waals surface area contributed by atoms with E-state index < -0.39 is 0 Å². The highest BCUT2D eigenvalue weighted by Crippen LogP contribution is 2.21. The average molecular weight is 344 g/mol. The molecular weight excluding hydrogens is 319 g/mol. The van der Waals surface area contributed by atoms with Crippen LogP contribution in [-0.2, 0) is 17.9 Å². The number of rotatable bonds is 9. The van der Waals surface area contributed by atoms with Crippen molar-refractivity contribution in [3.05, 3.63) is 54.4 Å². The summed E-state index contributed by atoms with van der Waals surface area (Å²) in [6.45, 7) is 2.97. The number of nitrogens with one attached hydrogen (secondary N) is 1. The van der Waals surface area contributed by atoms with Crippen molar-refractivity contribution < 1.29 is 9.18 Å². The molecule has 0 spiro atoms. The van der Waals surface area contributed by atoms with Crippen molar-refractivity contribution in [1.29, 1.82) is 0 Å².